The maximum atomic E-state index is 5.47. The van der Waals surface area contributed by atoms with Crippen LogP contribution < -0.4 is 5.32 Å². The molecule has 0 bridgehead atoms. The predicted molar refractivity (Wildman–Crippen MR) is 66.8 cm³/mol. The molecule has 1 aromatic heterocycles. The van der Waals surface area contributed by atoms with Crippen LogP contribution in [0.25, 0.3) is 0 Å². The van der Waals surface area contributed by atoms with Gasteiger partial charge in [-0.05, 0) is 32.6 Å². The van der Waals surface area contributed by atoms with Gasteiger partial charge >= 0.3 is 0 Å². The molecule has 0 amide bonds. The van der Waals surface area contributed by atoms with Gasteiger partial charge < -0.3 is 10.1 Å². The minimum Gasteiger partial charge on any atom is -0.381 e. The third-order valence-electron chi connectivity index (χ3n) is 3.05. The summed E-state index contributed by atoms with van der Waals surface area (Å²) in [5.74, 6) is 0.677. The van der Waals surface area contributed by atoms with Gasteiger partial charge in [-0.3, -0.25) is 0 Å². The smallest absolute Gasteiger partial charge is 0.0898 e. The Labute approximate surface area is 101 Å². The second kappa shape index (κ2) is 5.75. The number of nitrogens with zero attached hydrogens (tertiary/aromatic N) is 1. The van der Waals surface area contributed by atoms with E-state index in [4.69, 9.17) is 4.74 Å². The van der Waals surface area contributed by atoms with Crippen LogP contribution in [-0.4, -0.2) is 24.7 Å². The summed E-state index contributed by atoms with van der Waals surface area (Å²) in [5, 5.41) is 6.83. The summed E-state index contributed by atoms with van der Waals surface area (Å²) in [5.41, 5.74) is 1.17. The maximum Gasteiger partial charge on any atom is 0.0898 e. The second-order valence-corrected chi connectivity index (χ2v) is 5.57. The first-order valence-corrected chi connectivity index (χ1v) is 6.87. The summed E-state index contributed by atoms with van der Waals surface area (Å²) in [6, 6.07) is 0.354. The lowest BCUT2D eigenvalue weighted by Crippen LogP contribution is -2.30. The van der Waals surface area contributed by atoms with Gasteiger partial charge in [0.05, 0.1) is 17.3 Å². The quantitative estimate of drug-likeness (QED) is 0.878. The number of ether oxygens (including phenoxy) is 1. The van der Waals surface area contributed by atoms with E-state index in [0.717, 1.165) is 24.8 Å². The molecule has 2 atom stereocenters. The molecule has 1 saturated heterocycles. The minimum absolute atomic E-state index is 0.354. The molecule has 4 heteroatoms. The first kappa shape index (κ1) is 12.0. The summed E-state index contributed by atoms with van der Waals surface area (Å²) in [6.45, 7) is 7.12. The van der Waals surface area contributed by atoms with Gasteiger partial charge in [0.1, 0.15) is 0 Å². The van der Waals surface area contributed by atoms with Crippen molar-refractivity contribution in [3.8, 4) is 0 Å². The monoisotopic (exact) mass is 240 g/mol. The van der Waals surface area contributed by atoms with Crippen molar-refractivity contribution in [2.45, 2.75) is 32.7 Å². The molecule has 2 rings (SSSR count). The zero-order valence-corrected chi connectivity index (χ0v) is 10.8. The van der Waals surface area contributed by atoms with E-state index in [1.165, 1.54) is 18.5 Å². The van der Waals surface area contributed by atoms with E-state index in [0.29, 0.717) is 12.0 Å². The van der Waals surface area contributed by atoms with Crippen LogP contribution in [0.3, 0.4) is 0 Å². The molecular formula is C12H20N2OS. The van der Waals surface area contributed by atoms with Gasteiger partial charge in [0.2, 0.25) is 0 Å². The third-order valence-corrected chi connectivity index (χ3v) is 3.84. The molecule has 3 nitrogen and oxygen atoms in total. The van der Waals surface area contributed by atoms with E-state index in [2.05, 4.69) is 29.5 Å². The van der Waals surface area contributed by atoms with Crippen LogP contribution in [0.15, 0.2) is 5.38 Å². The summed E-state index contributed by atoms with van der Waals surface area (Å²) in [7, 11) is 0. The van der Waals surface area contributed by atoms with Crippen molar-refractivity contribution in [2.24, 2.45) is 5.92 Å². The van der Waals surface area contributed by atoms with Crippen molar-refractivity contribution in [3.63, 3.8) is 0 Å². The molecule has 1 aromatic rings. The van der Waals surface area contributed by atoms with Gasteiger partial charge in [-0.25, -0.2) is 4.98 Å². The average Bonchev–Trinajstić information content (AvgIpc) is 2.74. The van der Waals surface area contributed by atoms with Crippen molar-refractivity contribution < 1.29 is 4.74 Å². The number of aryl methyl sites for hydroxylation is 1. The SMILES string of the molecule is Cc1nc(C(C)NCC2CCCOC2)cs1. The van der Waals surface area contributed by atoms with Gasteiger partial charge in [-0.2, -0.15) is 0 Å². The Bertz CT molecular complexity index is 321. The fourth-order valence-corrected chi connectivity index (χ4v) is 2.70. The molecule has 90 valence electrons. The number of nitrogens with one attached hydrogen (secondary N) is 1. The highest BCUT2D eigenvalue weighted by Crippen LogP contribution is 2.17. The number of hydrogen-bond acceptors (Lipinski definition) is 4. The zero-order chi connectivity index (χ0) is 11.4. The summed E-state index contributed by atoms with van der Waals surface area (Å²) in [4.78, 5) is 4.50. The lowest BCUT2D eigenvalue weighted by molar-refractivity contribution is 0.0539. The fourth-order valence-electron chi connectivity index (χ4n) is 2.00. The minimum atomic E-state index is 0.354. The van der Waals surface area contributed by atoms with E-state index in [1.54, 1.807) is 11.3 Å². The number of aromatic nitrogens is 1. The van der Waals surface area contributed by atoms with E-state index in [1.807, 2.05) is 0 Å². The van der Waals surface area contributed by atoms with E-state index >= 15 is 0 Å². The number of thiazole rings is 1. The fraction of sp³-hybridized carbons (Fsp3) is 0.750. The van der Waals surface area contributed by atoms with Crippen molar-refractivity contribution >= 4 is 11.3 Å². The summed E-state index contributed by atoms with van der Waals surface area (Å²) < 4.78 is 5.47. The molecule has 0 spiro atoms. The Morgan fingerprint density at radius 1 is 1.69 bits per heavy atom. The van der Waals surface area contributed by atoms with Gasteiger partial charge in [0.25, 0.3) is 0 Å². The number of rotatable bonds is 4. The standard InChI is InChI=1S/C12H20N2OS/c1-9(12-8-16-10(2)14-12)13-6-11-4-3-5-15-7-11/h8-9,11,13H,3-7H2,1-2H3. The van der Waals surface area contributed by atoms with E-state index in [9.17, 15) is 0 Å². The highest BCUT2D eigenvalue weighted by molar-refractivity contribution is 7.09. The van der Waals surface area contributed by atoms with E-state index in [-0.39, 0.29) is 0 Å². The summed E-state index contributed by atoms with van der Waals surface area (Å²) >= 11 is 1.72. The Kier molecular flexibility index (Phi) is 4.32. The largest absolute Gasteiger partial charge is 0.381 e. The van der Waals surface area contributed by atoms with Crippen LogP contribution in [0.2, 0.25) is 0 Å². The highest BCUT2D eigenvalue weighted by Gasteiger charge is 2.15. The van der Waals surface area contributed by atoms with Crippen molar-refractivity contribution in [3.05, 3.63) is 16.1 Å². The van der Waals surface area contributed by atoms with Crippen molar-refractivity contribution in [1.29, 1.82) is 0 Å². The third kappa shape index (κ3) is 3.27. The molecule has 2 unspecified atom stereocenters. The molecule has 0 aliphatic carbocycles. The van der Waals surface area contributed by atoms with Crippen LogP contribution in [0.4, 0.5) is 0 Å². The van der Waals surface area contributed by atoms with Crippen LogP contribution in [0.1, 0.15) is 36.5 Å². The topological polar surface area (TPSA) is 34.2 Å². The molecule has 1 aliphatic heterocycles. The van der Waals surface area contributed by atoms with Gasteiger partial charge in [0, 0.05) is 24.6 Å². The molecule has 1 N–H and O–H groups in total. The predicted octanol–water partition coefficient (Wildman–Crippen LogP) is 2.53. The van der Waals surface area contributed by atoms with Gasteiger partial charge in [0.15, 0.2) is 0 Å². The summed E-state index contributed by atoms with van der Waals surface area (Å²) in [6.07, 6.45) is 2.49. The molecule has 16 heavy (non-hydrogen) atoms. The second-order valence-electron chi connectivity index (χ2n) is 4.50. The molecule has 0 aromatic carbocycles. The lowest BCUT2D eigenvalue weighted by atomic mass is 10.0. The molecule has 1 aliphatic rings. The van der Waals surface area contributed by atoms with Crippen molar-refractivity contribution in [2.75, 3.05) is 19.8 Å². The molecule has 1 fully saturated rings. The van der Waals surface area contributed by atoms with Crippen molar-refractivity contribution in [1.82, 2.24) is 10.3 Å². The first-order valence-electron chi connectivity index (χ1n) is 5.99. The number of hydrogen-bond donors (Lipinski definition) is 1. The van der Waals surface area contributed by atoms with Crippen LogP contribution in [0, 0.1) is 12.8 Å². The van der Waals surface area contributed by atoms with Gasteiger partial charge in [-0.15, -0.1) is 11.3 Å². The average molecular weight is 240 g/mol. The normalized spacial score (nSPS) is 23.2. The lowest BCUT2D eigenvalue weighted by Gasteiger charge is -2.23. The van der Waals surface area contributed by atoms with Crippen LogP contribution in [0.5, 0.6) is 0 Å². The molecular weight excluding hydrogens is 220 g/mol. The Hall–Kier alpha value is -0.450. The first-order chi connectivity index (χ1) is 7.75. The Morgan fingerprint density at radius 2 is 2.56 bits per heavy atom. The highest BCUT2D eigenvalue weighted by atomic mass is 32.1. The van der Waals surface area contributed by atoms with Gasteiger partial charge in [-0.1, -0.05) is 0 Å². The maximum absolute atomic E-state index is 5.47. The molecule has 0 saturated carbocycles. The Balaban J connectivity index is 1.76. The van der Waals surface area contributed by atoms with Crippen LogP contribution >= 0.6 is 11.3 Å². The Morgan fingerprint density at radius 3 is 3.19 bits per heavy atom. The molecule has 0 radical (unpaired) electrons. The molecule has 2 heterocycles. The zero-order valence-electron chi connectivity index (χ0n) is 10.0. The van der Waals surface area contributed by atoms with Crippen LogP contribution in [-0.2, 0) is 4.74 Å². The van der Waals surface area contributed by atoms with E-state index < -0.39 is 0 Å².